The van der Waals surface area contributed by atoms with Crippen LogP contribution in [0.25, 0.3) is 0 Å². The molecule has 0 atom stereocenters. The molecule has 1 aromatic rings. The molecule has 0 fully saturated rings. The Labute approximate surface area is 59.9 Å². The Hall–Kier alpha value is -1.31. The Kier molecular flexibility index (Phi) is 2.49. The summed E-state index contributed by atoms with van der Waals surface area (Å²) in [5, 5.41) is 8.33. The molecule has 2 nitrogen and oxygen atoms in total. The predicted molar refractivity (Wildman–Crippen MR) is 39.7 cm³/mol. The Balaban J connectivity index is 2.59. The van der Waals surface area contributed by atoms with Gasteiger partial charge in [0.2, 0.25) is 0 Å². The van der Waals surface area contributed by atoms with E-state index in [4.69, 9.17) is 5.11 Å². The van der Waals surface area contributed by atoms with Gasteiger partial charge >= 0.3 is 0 Å². The summed E-state index contributed by atoms with van der Waals surface area (Å²) in [4.78, 5) is 3.87. The Morgan fingerprint density at radius 1 is 1.40 bits per heavy atom. The van der Waals surface area contributed by atoms with Gasteiger partial charge in [0.25, 0.3) is 0 Å². The highest BCUT2D eigenvalue weighted by Gasteiger charge is 1.84. The van der Waals surface area contributed by atoms with Gasteiger partial charge in [-0.2, -0.15) is 0 Å². The van der Waals surface area contributed by atoms with Crippen LogP contribution in [-0.4, -0.2) is 10.1 Å². The summed E-state index contributed by atoms with van der Waals surface area (Å²) >= 11 is 0. The molecule has 1 aromatic heterocycles. The molecule has 0 aliphatic heterocycles. The first-order chi connectivity index (χ1) is 4.93. The zero-order valence-corrected chi connectivity index (χ0v) is 5.57. The average molecular weight is 135 g/mol. The summed E-state index contributed by atoms with van der Waals surface area (Å²) in [5.74, 6) is 0. The van der Waals surface area contributed by atoms with Crippen LogP contribution in [0.4, 0.5) is 0 Å². The number of pyridine rings is 1. The lowest BCUT2D eigenvalue weighted by molar-refractivity contribution is 0.471. The van der Waals surface area contributed by atoms with Gasteiger partial charge in [0.1, 0.15) is 0 Å². The number of nitrogens with zero attached hydrogens (tertiary/aromatic N) is 1. The summed E-state index contributed by atoms with van der Waals surface area (Å²) in [7, 11) is 0. The van der Waals surface area contributed by atoms with Crippen molar-refractivity contribution in [2.75, 3.05) is 0 Å². The van der Waals surface area contributed by atoms with E-state index in [2.05, 4.69) is 4.98 Å². The van der Waals surface area contributed by atoms with Gasteiger partial charge in [-0.3, -0.25) is 4.98 Å². The van der Waals surface area contributed by atoms with Crippen molar-refractivity contribution in [3.63, 3.8) is 0 Å². The van der Waals surface area contributed by atoms with Crippen LogP contribution in [0.1, 0.15) is 5.56 Å². The van der Waals surface area contributed by atoms with Crippen molar-refractivity contribution in [3.8, 4) is 0 Å². The molecule has 0 aliphatic carbocycles. The van der Waals surface area contributed by atoms with E-state index in [9.17, 15) is 0 Å². The standard InChI is InChI=1S/C8H9NO/c10-7-1-2-8-3-5-9-6-4-8/h1,3-7,10H,2H2/b7-1+. The molecule has 2 heteroatoms. The van der Waals surface area contributed by atoms with Crippen molar-refractivity contribution in [3.05, 3.63) is 42.4 Å². The van der Waals surface area contributed by atoms with E-state index in [1.807, 2.05) is 12.1 Å². The first kappa shape index (κ1) is 6.81. The smallest absolute Gasteiger partial charge is 0.0755 e. The van der Waals surface area contributed by atoms with E-state index >= 15 is 0 Å². The van der Waals surface area contributed by atoms with Crippen LogP contribution in [0.2, 0.25) is 0 Å². The molecule has 1 heterocycles. The second-order valence-electron chi connectivity index (χ2n) is 1.94. The Morgan fingerprint density at radius 3 is 2.70 bits per heavy atom. The molecule has 0 radical (unpaired) electrons. The molecule has 0 bridgehead atoms. The van der Waals surface area contributed by atoms with E-state index < -0.39 is 0 Å². The molecular formula is C8H9NO. The average Bonchev–Trinajstić information content (AvgIpc) is 2.03. The first-order valence-electron chi connectivity index (χ1n) is 3.11. The van der Waals surface area contributed by atoms with Crippen LogP contribution < -0.4 is 0 Å². The fourth-order valence-corrected chi connectivity index (χ4v) is 0.708. The molecule has 0 amide bonds. The Bertz CT molecular complexity index is 206. The topological polar surface area (TPSA) is 33.1 Å². The second-order valence-corrected chi connectivity index (χ2v) is 1.94. The summed E-state index contributed by atoms with van der Waals surface area (Å²) in [6, 6.07) is 3.83. The number of rotatable bonds is 2. The number of hydrogen-bond acceptors (Lipinski definition) is 2. The van der Waals surface area contributed by atoms with Crippen LogP contribution >= 0.6 is 0 Å². The minimum Gasteiger partial charge on any atom is -0.516 e. The highest BCUT2D eigenvalue weighted by Crippen LogP contribution is 1.96. The zero-order valence-electron chi connectivity index (χ0n) is 5.57. The van der Waals surface area contributed by atoms with Gasteiger partial charge in [0, 0.05) is 12.4 Å². The number of aromatic nitrogens is 1. The summed E-state index contributed by atoms with van der Waals surface area (Å²) in [6.45, 7) is 0. The van der Waals surface area contributed by atoms with Gasteiger partial charge in [-0.1, -0.05) is 0 Å². The van der Waals surface area contributed by atoms with Crippen LogP contribution in [0.3, 0.4) is 0 Å². The van der Waals surface area contributed by atoms with Crippen molar-refractivity contribution in [1.82, 2.24) is 4.98 Å². The van der Waals surface area contributed by atoms with Crippen molar-refractivity contribution < 1.29 is 5.11 Å². The predicted octanol–water partition coefficient (Wildman–Crippen LogP) is 1.70. The molecule has 0 saturated carbocycles. The van der Waals surface area contributed by atoms with E-state index in [1.165, 1.54) is 0 Å². The summed E-state index contributed by atoms with van der Waals surface area (Å²) in [6.07, 6.45) is 6.98. The molecule has 52 valence electrons. The Morgan fingerprint density at radius 2 is 2.10 bits per heavy atom. The number of aliphatic hydroxyl groups is 1. The highest BCUT2D eigenvalue weighted by atomic mass is 16.2. The fourth-order valence-electron chi connectivity index (χ4n) is 0.708. The third kappa shape index (κ3) is 1.90. The lowest BCUT2D eigenvalue weighted by Gasteiger charge is -1.91. The third-order valence-corrected chi connectivity index (χ3v) is 1.21. The van der Waals surface area contributed by atoms with Gasteiger partial charge < -0.3 is 5.11 Å². The largest absolute Gasteiger partial charge is 0.516 e. The van der Waals surface area contributed by atoms with E-state index in [0.717, 1.165) is 18.2 Å². The summed E-state index contributed by atoms with van der Waals surface area (Å²) in [5.41, 5.74) is 1.15. The number of allylic oxidation sites excluding steroid dienone is 1. The normalized spacial score (nSPS) is 10.4. The molecule has 10 heavy (non-hydrogen) atoms. The molecule has 0 unspecified atom stereocenters. The zero-order chi connectivity index (χ0) is 7.23. The van der Waals surface area contributed by atoms with E-state index in [1.54, 1.807) is 18.5 Å². The quantitative estimate of drug-likeness (QED) is 0.626. The van der Waals surface area contributed by atoms with Crippen molar-refractivity contribution in [1.29, 1.82) is 0 Å². The van der Waals surface area contributed by atoms with Crippen molar-refractivity contribution >= 4 is 0 Å². The molecule has 0 aromatic carbocycles. The SMILES string of the molecule is O/C=C/Cc1ccncc1. The van der Waals surface area contributed by atoms with Gasteiger partial charge in [0.15, 0.2) is 0 Å². The molecular weight excluding hydrogens is 126 g/mol. The van der Waals surface area contributed by atoms with E-state index in [0.29, 0.717) is 0 Å². The van der Waals surface area contributed by atoms with Crippen molar-refractivity contribution in [2.45, 2.75) is 6.42 Å². The van der Waals surface area contributed by atoms with Gasteiger partial charge in [-0.15, -0.1) is 0 Å². The minimum absolute atomic E-state index is 0.763. The summed E-state index contributed by atoms with van der Waals surface area (Å²) < 4.78 is 0. The molecule has 0 aliphatic rings. The van der Waals surface area contributed by atoms with Gasteiger partial charge in [-0.25, -0.2) is 0 Å². The second kappa shape index (κ2) is 3.67. The van der Waals surface area contributed by atoms with Crippen LogP contribution in [0.5, 0.6) is 0 Å². The lowest BCUT2D eigenvalue weighted by Crippen LogP contribution is -1.79. The minimum atomic E-state index is 0.763. The molecule has 1 rings (SSSR count). The molecule has 0 saturated heterocycles. The van der Waals surface area contributed by atoms with Crippen LogP contribution in [-0.2, 0) is 6.42 Å². The van der Waals surface area contributed by atoms with Crippen LogP contribution in [0, 0.1) is 0 Å². The highest BCUT2D eigenvalue weighted by molar-refractivity contribution is 5.12. The number of hydrogen-bond donors (Lipinski definition) is 1. The third-order valence-electron chi connectivity index (χ3n) is 1.21. The van der Waals surface area contributed by atoms with E-state index in [-0.39, 0.29) is 0 Å². The lowest BCUT2D eigenvalue weighted by atomic mass is 10.2. The maximum Gasteiger partial charge on any atom is 0.0755 e. The fraction of sp³-hybridized carbons (Fsp3) is 0.125. The number of aliphatic hydroxyl groups excluding tert-OH is 1. The molecule has 1 N–H and O–H groups in total. The molecule has 0 spiro atoms. The first-order valence-corrected chi connectivity index (χ1v) is 3.11. The monoisotopic (exact) mass is 135 g/mol. The van der Waals surface area contributed by atoms with Gasteiger partial charge in [-0.05, 0) is 30.2 Å². The maximum absolute atomic E-state index is 8.33. The van der Waals surface area contributed by atoms with Crippen molar-refractivity contribution in [2.24, 2.45) is 0 Å². The van der Waals surface area contributed by atoms with Crippen LogP contribution in [0.15, 0.2) is 36.9 Å². The van der Waals surface area contributed by atoms with Gasteiger partial charge in [0.05, 0.1) is 6.26 Å². The maximum atomic E-state index is 8.33.